The van der Waals surface area contributed by atoms with Gasteiger partial charge in [-0.1, -0.05) is 0 Å². The highest BCUT2D eigenvalue weighted by Crippen LogP contribution is 2.17. The second-order valence-electron chi connectivity index (χ2n) is 2.44. The van der Waals surface area contributed by atoms with E-state index in [4.69, 9.17) is 21.1 Å². The van der Waals surface area contributed by atoms with Gasteiger partial charge in [0.15, 0.2) is 5.79 Å². The van der Waals surface area contributed by atoms with Crippen LogP contribution in [0.5, 0.6) is 0 Å². The molecule has 2 nitrogen and oxygen atoms in total. The summed E-state index contributed by atoms with van der Waals surface area (Å²) in [6.45, 7) is 7.14. The molecule has 0 aromatic carbocycles. The SMILES string of the molecule is CCOC(C)(CCCl)OCC. The number of ether oxygens (including phenoxy) is 2. The highest BCUT2D eigenvalue weighted by atomic mass is 35.5. The van der Waals surface area contributed by atoms with Gasteiger partial charge in [-0.15, -0.1) is 11.6 Å². The van der Waals surface area contributed by atoms with Gasteiger partial charge in [0.25, 0.3) is 0 Å². The van der Waals surface area contributed by atoms with Gasteiger partial charge in [0, 0.05) is 25.5 Å². The fraction of sp³-hybridized carbons (Fsp3) is 1.00. The summed E-state index contributed by atoms with van der Waals surface area (Å²) in [5.41, 5.74) is 0. The maximum absolute atomic E-state index is 5.60. The lowest BCUT2D eigenvalue weighted by atomic mass is 10.2. The van der Waals surface area contributed by atoms with Crippen molar-refractivity contribution in [2.75, 3.05) is 19.1 Å². The highest BCUT2D eigenvalue weighted by molar-refractivity contribution is 6.17. The minimum absolute atomic E-state index is 0.481. The summed E-state index contributed by atoms with van der Waals surface area (Å²) in [7, 11) is 0. The van der Waals surface area contributed by atoms with Crippen molar-refractivity contribution in [2.45, 2.75) is 33.0 Å². The molecule has 0 unspecified atom stereocenters. The molecule has 3 heteroatoms. The predicted molar refractivity (Wildman–Crippen MR) is 47.0 cm³/mol. The second kappa shape index (κ2) is 5.81. The first kappa shape index (κ1) is 11.2. The van der Waals surface area contributed by atoms with Gasteiger partial charge < -0.3 is 9.47 Å². The first-order chi connectivity index (χ1) is 5.18. The molecular weight excluding hydrogens is 164 g/mol. The Morgan fingerprint density at radius 2 is 1.64 bits per heavy atom. The van der Waals surface area contributed by atoms with Crippen molar-refractivity contribution in [3.8, 4) is 0 Å². The summed E-state index contributed by atoms with van der Waals surface area (Å²) in [5, 5.41) is 0. The molecule has 0 aliphatic rings. The summed E-state index contributed by atoms with van der Waals surface area (Å²) >= 11 is 5.60. The third-order valence-electron chi connectivity index (χ3n) is 1.45. The van der Waals surface area contributed by atoms with Crippen LogP contribution in [0.4, 0.5) is 0 Å². The van der Waals surface area contributed by atoms with Crippen LogP contribution < -0.4 is 0 Å². The van der Waals surface area contributed by atoms with Crippen LogP contribution in [0.3, 0.4) is 0 Å². The number of alkyl halides is 1. The minimum Gasteiger partial charge on any atom is -0.350 e. The zero-order chi connectivity index (χ0) is 8.74. The minimum atomic E-state index is -0.481. The monoisotopic (exact) mass is 180 g/mol. The van der Waals surface area contributed by atoms with Gasteiger partial charge in [-0.3, -0.25) is 0 Å². The molecule has 0 aromatic heterocycles. The molecule has 0 saturated carbocycles. The van der Waals surface area contributed by atoms with E-state index < -0.39 is 5.79 Å². The maximum Gasteiger partial charge on any atom is 0.166 e. The molecule has 0 rings (SSSR count). The molecule has 0 N–H and O–H groups in total. The van der Waals surface area contributed by atoms with E-state index in [1.807, 2.05) is 20.8 Å². The molecule has 68 valence electrons. The fourth-order valence-corrected chi connectivity index (χ4v) is 1.31. The Hall–Kier alpha value is 0.210. The molecule has 0 spiro atoms. The Kier molecular flexibility index (Phi) is 5.92. The van der Waals surface area contributed by atoms with Crippen molar-refractivity contribution < 1.29 is 9.47 Å². The van der Waals surface area contributed by atoms with Crippen LogP contribution in [0.15, 0.2) is 0 Å². The molecule has 0 aliphatic heterocycles. The number of rotatable bonds is 6. The fourth-order valence-electron chi connectivity index (χ4n) is 0.968. The van der Waals surface area contributed by atoms with E-state index in [1.54, 1.807) is 0 Å². The number of hydrogen-bond donors (Lipinski definition) is 0. The van der Waals surface area contributed by atoms with E-state index in [1.165, 1.54) is 0 Å². The number of hydrogen-bond acceptors (Lipinski definition) is 2. The lowest BCUT2D eigenvalue weighted by molar-refractivity contribution is -0.221. The average Bonchev–Trinajstić information content (AvgIpc) is 1.88. The van der Waals surface area contributed by atoms with Crippen molar-refractivity contribution in [1.82, 2.24) is 0 Å². The molecule has 0 aromatic rings. The first-order valence-corrected chi connectivity index (χ1v) is 4.56. The van der Waals surface area contributed by atoms with Crippen LogP contribution in [0.1, 0.15) is 27.2 Å². The lowest BCUT2D eigenvalue weighted by Gasteiger charge is -2.28. The molecule has 0 amide bonds. The Labute approximate surface area is 73.8 Å². The molecule has 0 heterocycles. The standard InChI is InChI=1S/C8H17ClO2/c1-4-10-8(3,6-7-9)11-5-2/h4-7H2,1-3H3. The zero-order valence-electron chi connectivity index (χ0n) is 7.52. The molecule has 0 fully saturated rings. The third-order valence-corrected chi connectivity index (χ3v) is 1.64. The van der Waals surface area contributed by atoms with Crippen LogP contribution >= 0.6 is 11.6 Å². The summed E-state index contributed by atoms with van der Waals surface area (Å²) in [6.07, 6.45) is 0.732. The molecule has 0 saturated heterocycles. The highest BCUT2D eigenvalue weighted by Gasteiger charge is 2.23. The molecule has 0 atom stereocenters. The Morgan fingerprint density at radius 3 is 1.91 bits per heavy atom. The largest absolute Gasteiger partial charge is 0.350 e. The van der Waals surface area contributed by atoms with Crippen molar-refractivity contribution in [3.05, 3.63) is 0 Å². The second-order valence-corrected chi connectivity index (χ2v) is 2.82. The molecule has 11 heavy (non-hydrogen) atoms. The quantitative estimate of drug-likeness (QED) is 0.462. The van der Waals surface area contributed by atoms with E-state index in [9.17, 15) is 0 Å². The lowest BCUT2D eigenvalue weighted by Crippen LogP contribution is -2.32. The average molecular weight is 181 g/mol. The van der Waals surface area contributed by atoms with E-state index in [2.05, 4.69) is 0 Å². The Bertz CT molecular complexity index is 79.1. The van der Waals surface area contributed by atoms with Crippen molar-refractivity contribution in [1.29, 1.82) is 0 Å². The van der Waals surface area contributed by atoms with E-state index in [0.29, 0.717) is 19.1 Å². The van der Waals surface area contributed by atoms with Crippen LogP contribution in [0.2, 0.25) is 0 Å². The normalized spacial score (nSPS) is 12.0. The van der Waals surface area contributed by atoms with Crippen LogP contribution in [0, 0.1) is 0 Å². The van der Waals surface area contributed by atoms with E-state index in [0.717, 1.165) is 6.42 Å². The molecule has 0 bridgehead atoms. The Morgan fingerprint density at radius 1 is 1.18 bits per heavy atom. The summed E-state index contributed by atoms with van der Waals surface area (Å²) < 4.78 is 10.8. The van der Waals surface area contributed by atoms with Crippen molar-refractivity contribution in [2.24, 2.45) is 0 Å². The summed E-state index contributed by atoms with van der Waals surface area (Å²) in [4.78, 5) is 0. The van der Waals surface area contributed by atoms with E-state index in [-0.39, 0.29) is 0 Å². The predicted octanol–water partition coefficient (Wildman–Crippen LogP) is 2.40. The van der Waals surface area contributed by atoms with Gasteiger partial charge in [-0.25, -0.2) is 0 Å². The number of halogens is 1. The van der Waals surface area contributed by atoms with Gasteiger partial charge in [-0.05, 0) is 20.8 Å². The van der Waals surface area contributed by atoms with Crippen LogP contribution in [-0.4, -0.2) is 24.9 Å². The van der Waals surface area contributed by atoms with E-state index >= 15 is 0 Å². The summed E-state index contributed by atoms with van der Waals surface area (Å²) in [5.74, 6) is 0.0851. The van der Waals surface area contributed by atoms with Gasteiger partial charge in [0.1, 0.15) is 0 Å². The van der Waals surface area contributed by atoms with Gasteiger partial charge in [0.05, 0.1) is 0 Å². The van der Waals surface area contributed by atoms with Gasteiger partial charge in [0.2, 0.25) is 0 Å². The maximum atomic E-state index is 5.60. The summed E-state index contributed by atoms with van der Waals surface area (Å²) in [6, 6.07) is 0. The van der Waals surface area contributed by atoms with Crippen LogP contribution in [-0.2, 0) is 9.47 Å². The topological polar surface area (TPSA) is 18.5 Å². The van der Waals surface area contributed by atoms with Crippen LogP contribution in [0.25, 0.3) is 0 Å². The van der Waals surface area contributed by atoms with Gasteiger partial charge in [-0.2, -0.15) is 0 Å². The van der Waals surface area contributed by atoms with Crippen molar-refractivity contribution >= 4 is 11.6 Å². The molecule has 0 radical (unpaired) electrons. The smallest absolute Gasteiger partial charge is 0.166 e. The van der Waals surface area contributed by atoms with Gasteiger partial charge >= 0.3 is 0 Å². The molecular formula is C8H17ClO2. The zero-order valence-corrected chi connectivity index (χ0v) is 8.28. The molecule has 0 aliphatic carbocycles. The van der Waals surface area contributed by atoms with Crippen molar-refractivity contribution in [3.63, 3.8) is 0 Å². The Balaban J connectivity index is 3.79. The first-order valence-electron chi connectivity index (χ1n) is 4.02. The third kappa shape index (κ3) is 4.62.